The van der Waals surface area contributed by atoms with Crippen LogP contribution in [0.3, 0.4) is 0 Å². The summed E-state index contributed by atoms with van der Waals surface area (Å²) in [6.07, 6.45) is -4.31. The third kappa shape index (κ3) is 8.32. The number of alkyl halides is 3. The first-order valence-electron chi connectivity index (χ1n) is 9.62. The molecule has 0 aromatic carbocycles. The summed E-state index contributed by atoms with van der Waals surface area (Å²) < 4.78 is 60.6. The van der Waals surface area contributed by atoms with Crippen LogP contribution in [0, 0.1) is 0 Å². The van der Waals surface area contributed by atoms with Crippen molar-refractivity contribution < 1.29 is 27.3 Å². The molecule has 1 rings (SSSR count). The number of pyridine rings is 1. The maximum Gasteiger partial charge on any atom is 0.411 e. The van der Waals surface area contributed by atoms with E-state index in [0.717, 1.165) is 4.90 Å². The Bertz CT molecular complexity index is 765. The molecule has 0 radical (unpaired) electrons. The lowest BCUT2D eigenvalue weighted by Gasteiger charge is -2.42. The van der Waals surface area contributed by atoms with E-state index in [1.54, 1.807) is 61.5 Å². The molecular weight excluding hydrogens is 455 g/mol. The Balaban J connectivity index is 3.42. The number of carbonyl (C=O) groups excluding carboxylic acids is 1. The Morgan fingerprint density at radius 3 is 2.19 bits per heavy atom. The molecule has 1 unspecified atom stereocenters. The Morgan fingerprint density at radius 1 is 1.23 bits per heavy atom. The predicted octanol–water partition coefficient (Wildman–Crippen LogP) is 5.19. The molecule has 0 aliphatic rings. The van der Waals surface area contributed by atoms with Gasteiger partial charge in [0.25, 0.3) is 0 Å². The van der Waals surface area contributed by atoms with Gasteiger partial charge in [0.15, 0.2) is 6.04 Å². The van der Waals surface area contributed by atoms with Gasteiger partial charge in [-0.25, -0.2) is 9.78 Å². The molecular formula is C20H31ClF3N3O3S. The lowest BCUT2D eigenvalue weighted by molar-refractivity contribution is -0.157. The average Bonchev–Trinajstić information content (AvgIpc) is 2.54. The van der Waals surface area contributed by atoms with Gasteiger partial charge >= 0.3 is 12.3 Å². The summed E-state index contributed by atoms with van der Waals surface area (Å²) in [5.74, 6) is 0. The monoisotopic (exact) mass is 485 g/mol. The number of amides is 1. The summed E-state index contributed by atoms with van der Waals surface area (Å²) >= 11 is 3.94. The SMILES string of the molecule is CC(C)(C)OC(=O)N(C[C@H](N[S+]([O-])C(C)(C)C)C(F)(F)F)C(C)(C)c1ccnc(Cl)c1. The minimum Gasteiger partial charge on any atom is -0.598 e. The predicted molar refractivity (Wildman–Crippen MR) is 116 cm³/mol. The molecule has 0 saturated heterocycles. The highest BCUT2D eigenvalue weighted by atomic mass is 35.5. The number of nitrogens with one attached hydrogen (secondary N) is 1. The van der Waals surface area contributed by atoms with Gasteiger partial charge in [0.05, 0.1) is 12.1 Å². The van der Waals surface area contributed by atoms with Crippen molar-refractivity contribution in [3.05, 3.63) is 29.0 Å². The van der Waals surface area contributed by atoms with Gasteiger partial charge in [0.2, 0.25) is 0 Å². The molecule has 1 N–H and O–H groups in total. The van der Waals surface area contributed by atoms with Gasteiger partial charge in [-0.3, -0.25) is 4.90 Å². The quantitative estimate of drug-likeness (QED) is 0.443. The van der Waals surface area contributed by atoms with Crippen molar-refractivity contribution in [2.45, 2.75) is 83.5 Å². The highest BCUT2D eigenvalue weighted by Gasteiger charge is 2.49. The van der Waals surface area contributed by atoms with Gasteiger partial charge in [0.1, 0.15) is 15.5 Å². The number of nitrogens with zero attached hydrogens (tertiary/aromatic N) is 2. The average molecular weight is 486 g/mol. The van der Waals surface area contributed by atoms with E-state index < -0.39 is 52.1 Å². The molecule has 6 nitrogen and oxygen atoms in total. The first-order valence-corrected chi connectivity index (χ1v) is 11.2. The van der Waals surface area contributed by atoms with Gasteiger partial charge < -0.3 is 9.29 Å². The molecule has 0 saturated carbocycles. The zero-order valence-corrected chi connectivity index (χ0v) is 20.6. The number of aromatic nitrogens is 1. The highest BCUT2D eigenvalue weighted by molar-refractivity contribution is 7.90. The molecule has 1 amide bonds. The molecule has 1 aromatic rings. The van der Waals surface area contributed by atoms with Crippen LogP contribution >= 0.6 is 11.6 Å². The third-order valence-electron chi connectivity index (χ3n) is 4.29. The highest BCUT2D eigenvalue weighted by Crippen LogP contribution is 2.33. The van der Waals surface area contributed by atoms with Crippen LogP contribution in [0.5, 0.6) is 0 Å². The fraction of sp³-hybridized carbons (Fsp3) is 0.700. The van der Waals surface area contributed by atoms with E-state index >= 15 is 0 Å². The molecule has 0 aliphatic carbocycles. The Labute approximate surface area is 190 Å². The van der Waals surface area contributed by atoms with Gasteiger partial charge in [-0.15, -0.1) is 4.72 Å². The number of carbonyl (C=O) groups is 1. The number of rotatable bonds is 6. The molecule has 1 heterocycles. The minimum atomic E-state index is -4.77. The van der Waals surface area contributed by atoms with E-state index in [4.69, 9.17) is 16.3 Å². The molecule has 31 heavy (non-hydrogen) atoms. The van der Waals surface area contributed by atoms with Crippen molar-refractivity contribution in [2.75, 3.05) is 6.54 Å². The van der Waals surface area contributed by atoms with Crippen molar-refractivity contribution in [2.24, 2.45) is 0 Å². The second-order valence-corrected chi connectivity index (χ2v) is 12.0. The Hall–Kier alpha value is -1.23. The Morgan fingerprint density at radius 2 is 1.77 bits per heavy atom. The van der Waals surface area contributed by atoms with Gasteiger partial charge in [-0.2, -0.15) is 13.2 Å². The van der Waals surface area contributed by atoms with Crippen molar-refractivity contribution in [1.29, 1.82) is 0 Å². The topological polar surface area (TPSA) is 77.5 Å². The van der Waals surface area contributed by atoms with Crippen molar-refractivity contribution in [3.8, 4) is 0 Å². The van der Waals surface area contributed by atoms with Crippen LogP contribution in [0.15, 0.2) is 18.3 Å². The first-order chi connectivity index (χ1) is 13.7. The normalized spacial score (nSPS) is 15.4. The van der Waals surface area contributed by atoms with E-state index in [9.17, 15) is 22.5 Å². The lowest BCUT2D eigenvalue weighted by atomic mass is 9.92. The maximum absolute atomic E-state index is 13.9. The van der Waals surface area contributed by atoms with E-state index in [1.165, 1.54) is 12.3 Å². The standard InChI is InChI=1S/C20H31ClF3N3O3S/c1-17(2,3)30-16(28)27(19(7,8)13-9-10-25-15(21)11-13)12-14(20(22,23)24)26-31(29)18(4,5)6/h9-11,14,26H,12H2,1-8H3/t14-,31?/m0/s1. The third-order valence-corrected chi connectivity index (χ3v) is 6.11. The maximum atomic E-state index is 13.9. The summed E-state index contributed by atoms with van der Waals surface area (Å²) in [6.45, 7) is 11.9. The zero-order chi connectivity index (χ0) is 24.4. The van der Waals surface area contributed by atoms with Crippen molar-refractivity contribution >= 4 is 29.1 Å². The van der Waals surface area contributed by atoms with Crippen LogP contribution in [-0.4, -0.2) is 49.6 Å². The summed E-state index contributed by atoms with van der Waals surface area (Å²) in [4.78, 5) is 17.8. The van der Waals surface area contributed by atoms with E-state index in [1.807, 2.05) is 0 Å². The second-order valence-electron chi connectivity index (χ2n) is 9.61. The molecule has 0 bridgehead atoms. The van der Waals surface area contributed by atoms with Gasteiger partial charge in [-0.1, -0.05) is 11.6 Å². The van der Waals surface area contributed by atoms with Crippen molar-refractivity contribution in [1.82, 2.24) is 14.6 Å². The summed E-state index contributed by atoms with van der Waals surface area (Å²) in [6, 6.07) is 0.783. The van der Waals surface area contributed by atoms with E-state index in [0.29, 0.717) is 5.56 Å². The van der Waals surface area contributed by atoms with Crippen molar-refractivity contribution in [3.63, 3.8) is 0 Å². The van der Waals surface area contributed by atoms with E-state index in [2.05, 4.69) is 9.71 Å². The molecule has 178 valence electrons. The fourth-order valence-corrected chi connectivity index (χ4v) is 3.48. The fourth-order valence-electron chi connectivity index (χ4n) is 2.48. The van der Waals surface area contributed by atoms with E-state index in [-0.39, 0.29) is 5.15 Å². The van der Waals surface area contributed by atoms with Crippen LogP contribution in [0.1, 0.15) is 61.0 Å². The second kappa shape index (κ2) is 9.72. The molecule has 2 atom stereocenters. The van der Waals surface area contributed by atoms with Crippen LogP contribution in [0.25, 0.3) is 0 Å². The van der Waals surface area contributed by atoms with Gasteiger partial charge in [0, 0.05) is 17.6 Å². The molecule has 1 aromatic heterocycles. The molecule has 0 aliphatic heterocycles. The zero-order valence-electron chi connectivity index (χ0n) is 19.1. The Kier molecular flexibility index (Phi) is 8.72. The summed E-state index contributed by atoms with van der Waals surface area (Å²) in [5, 5.41) is 0.133. The largest absolute Gasteiger partial charge is 0.598 e. The molecule has 0 fully saturated rings. The summed E-state index contributed by atoms with van der Waals surface area (Å²) in [7, 11) is 0. The van der Waals surface area contributed by atoms with Gasteiger partial charge in [-0.05, 0) is 73.1 Å². The van der Waals surface area contributed by atoms with Crippen LogP contribution < -0.4 is 4.72 Å². The number of ether oxygens (including phenoxy) is 1. The van der Waals surface area contributed by atoms with Crippen LogP contribution in [0.2, 0.25) is 5.15 Å². The number of hydrogen-bond donors (Lipinski definition) is 1. The lowest BCUT2D eigenvalue weighted by Crippen LogP contribution is -2.59. The first kappa shape index (κ1) is 27.8. The van der Waals surface area contributed by atoms with Crippen LogP contribution in [0.4, 0.5) is 18.0 Å². The smallest absolute Gasteiger partial charge is 0.411 e. The molecule has 11 heteroatoms. The summed E-state index contributed by atoms with van der Waals surface area (Å²) in [5.41, 5.74) is -1.71. The van der Waals surface area contributed by atoms with Crippen LogP contribution in [-0.2, 0) is 21.6 Å². The minimum absolute atomic E-state index is 0.133. The molecule has 0 spiro atoms. The number of hydrogen-bond acceptors (Lipinski definition) is 5. The number of halogens is 4.